The number of hydrogen-bond acceptors (Lipinski definition) is 2. The van der Waals surface area contributed by atoms with Crippen molar-refractivity contribution >= 4 is 5.97 Å². The number of esters is 1. The van der Waals surface area contributed by atoms with Crippen molar-refractivity contribution in [2.24, 2.45) is 17.8 Å². The molecule has 2 aromatic rings. The van der Waals surface area contributed by atoms with Gasteiger partial charge in [-0.3, -0.25) is 0 Å². The van der Waals surface area contributed by atoms with Crippen molar-refractivity contribution in [2.45, 2.75) is 51.4 Å². The van der Waals surface area contributed by atoms with Crippen molar-refractivity contribution in [1.29, 1.82) is 0 Å². The van der Waals surface area contributed by atoms with E-state index < -0.39 is 29.0 Å². The van der Waals surface area contributed by atoms with E-state index in [0.717, 1.165) is 44.6 Å². The van der Waals surface area contributed by atoms with Crippen LogP contribution in [0, 0.1) is 42.1 Å². The largest absolute Gasteiger partial charge is 0.423 e. The molecule has 31 heavy (non-hydrogen) atoms. The Bertz CT molecular complexity index is 1000. The minimum atomic E-state index is -1.20. The summed E-state index contributed by atoms with van der Waals surface area (Å²) in [6.07, 6.45) is 8.05. The molecular weight excluding hydrogens is 401 g/mol. The summed E-state index contributed by atoms with van der Waals surface area (Å²) in [7, 11) is 0. The summed E-state index contributed by atoms with van der Waals surface area (Å²) < 4.78 is 48.4. The van der Waals surface area contributed by atoms with Gasteiger partial charge < -0.3 is 4.74 Å². The number of carbonyl (C=O) groups excluding carboxylic acids is 1. The molecule has 0 saturated heterocycles. The lowest BCUT2D eigenvalue weighted by molar-refractivity contribution is 0.0728. The fourth-order valence-electron chi connectivity index (χ4n) is 5.26. The predicted octanol–water partition coefficient (Wildman–Crippen LogP) is 7.12. The van der Waals surface area contributed by atoms with Gasteiger partial charge in [0.05, 0.1) is 5.56 Å². The van der Waals surface area contributed by atoms with Gasteiger partial charge in [-0.2, -0.15) is 0 Å². The maximum absolute atomic E-state index is 14.9. The zero-order valence-electron chi connectivity index (χ0n) is 17.7. The molecule has 2 nitrogen and oxygen atoms in total. The summed E-state index contributed by atoms with van der Waals surface area (Å²) in [5.41, 5.74) is 0.246. The van der Waals surface area contributed by atoms with E-state index in [4.69, 9.17) is 4.74 Å². The Kier molecular flexibility index (Phi) is 6.22. The number of benzene rings is 2. The Morgan fingerprint density at radius 1 is 1.00 bits per heavy atom. The second-order valence-corrected chi connectivity index (χ2v) is 8.97. The van der Waals surface area contributed by atoms with Gasteiger partial charge in [-0.15, -0.1) is 6.58 Å². The molecular formula is C26H27F3O2. The molecule has 2 aliphatic carbocycles. The summed E-state index contributed by atoms with van der Waals surface area (Å²) >= 11 is 0. The molecule has 0 bridgehead atoms. The molecule has 2 fully saturated rings. The second kappa shape index (κ2) is 8.89. The normalized spacial score (nSPS) is 25.5. The first-order valence-electron chi connectivity index (χ1n) is 11.0. The first-order valence-corrected chi connectivity index (χ1v) is 11.0. The highest BCUT2D eigenvalue weighted by atomic mass is 19.2. The van der Waals surface area contributed by atoms with Crippen LogP contribution in [-0.4, -0.2) is 5.97 Å². The van der Waals surface area contributed by atoms with E-state index in [1.54, 1.807) is 6.92 Å². The smallest absolute Gasteiger partial charge is 0.346 e. The molecule has 2 aliphatic rings. The maximum atomic E-state index is 14.9. The lowest BCUT2D eigenvalue weighted by Gasteiger charge is -2.41. The van der Waals surface area contributed by atoms with E-state index in [0.29, 0.717) is 28.9 Å². The molecule has 0 N–H and O–H groups in total. The Morgan fingerprint density at radius 3 is 2.48 bits per heavy atom. The van der Waals surface area contributed by atoms with E-state index in [2.05, 4.69) is 6.58 Å². The zero-order chi connectivity index (χ0) is 22.1. The highest BCUT2D eigenvalue weighted by molar-refractivity contribution is 5.91. The highest BCUT2D eigenvalue weighted by Gasteiger charge is 2.36. The third-order valence-corrected chi connectivity index (χ3v) is 7.11. The highest BCUT2D eigenvalue weighted by Crippen LogP contribution is 2.48. The van der Waals surface area contributed by atoms with Gasteiger partial charge >= 0.3 is 5.97 Å². The molecule has 0 heterocycles. The van der Waals surface area contributed by atoms with Gasteiger partial charge in [0, 0.05) is 6.07 Å². The quantitative estimate of drug-likeness (QED) is 0.294. The average Bonchev–Trinajstić information content (AvgIpc) is 2.77. The van der Waals surface area contributed by atoms with Crippen LogP contribution in [-0.2, 0) is 0 Å². The third-order valence-electron chi connectivity index (χ3n) is 7.11. The number of fused-ring (bicyclic) bond motifs is 1. The molecule has 2 aromatic carbocycles. The number of halogens is 3. The molecule has 4 rings (SSSR count). The Balaban J connectivity index is 1.49. The molecule has 5 heteroatoms. The van der Waals surface area contributed by atoms with E-state index in [-0.39, 0.29) is 11.7 Å². The fraction of sp³-hybridized carbons (Fsp3) is 0.423. The third kappa shape index (κ3) is 4.41. The van der Waals surface area contributed by atoms with E-state index in [9.17, 15) is 18.0 Å². The van der Waals surface area contributed by atoms with Crippen molar-refractivity contribution in [3.05, 3.63) is 77.1 Å². The van der Waals surface area contributed by atoms with Gasteiger partial charge in [0.15, 0.2) is 11.6 Å². The van der Waals surface area contributed by atoms with Crippen LogP contribution >= 0.6 is 0 Å². The van der Waals surface area contributed by atoms with E-state index in [1.165, 1.54) is 24.3 Å². The van der Waals surface area contributed by atoms with Gasteiger partial charge in [-0.25, -0.2) is 18.0 Å². The van der Waals surface area contributed by atoms with Gasteiger partial charge in [0.2, 0.25) is 0 Å². The molecule has 164 valence electrons. The average molecular weight is 428 g/mol. The fourth-order valence-corrected chi connectivity index (χ4v) is 5.26. The van der Waals surface area contributed by atoms with Crippen molar-refractivity contribution in [2.75, 3.05) is 0 Å². The lowest BCUT2D eigenvalue weighted by atomic mass is 9.64. The van der Waals surface area contributed by atoms with Crippen LogP contribution in [0.1, 0.15) is 65.9 Å². The van der Waals surface area contributed by atoms with Crippen molar-refractivity contribution in [3.8, 4) is 5.75 Å². The number of hydrogen-bond donors (Lipinski definition) is 0. The molecule has 4 unspecified atom stereocenters. The number of allylic oxidation sites excluding steroid dienone is 1. The van der Waals surface area contributed by atoms with E-state index >= 15 is 0 Å². The summed E-state index contributed by atoms with van der Waals surface area (Å²) in [6.45, 7) is 5.49. The van der Waals surface area contributed by atoms with Crippen LogP contribution in [0.15, 0.2) is 43.0 Å². The van der Waals surface area contributed by atoms with Gasteiger partial charge in [0.25, 0.3) is 0 Å². The molecule has 0 radical (unpaired) electrons. The SMILES string of the molecule is C=CC1CCC2CC(c3ccc(C(=O)Oc4ccc(C)c(F)c4)c(F)c3F)CCC2C1. The number of carbonyl (C=O) groups is 1. The Morgan fingerprint density at radius 2 is 1.74 bits per heavy atom. The van der Waals surface area contributed by atoms with Crippen LogP contribution in [0.3, 0.4) is 0 Å². The molecule has 0 amide bonds. The number of rotatable bonds is 4. The van der Waals surface area contributed by atoms with Crippen LogP contribution < -0.4 is 4.74 Å². The summed E-state index contributed by atoms with van der Waals surface area (Å²) in [5.74, 6) is -2.14. The minimum absolute atomic E-state index is 0.0488. The first kappa shape index (κ1) is 21.7. The van der Waals surface area contributed by atoms with Crippen LogP contribution in [0.2, 0.25) is 0 Å². The van der Waals surface area contributed by atoms with Crippen molar-refractivity contribution in [1.82, 2.24) is 0 Å². The van der Waals surface area contributed by atoms with Crippen molar-refractivity contribution < 1.29 is 22.7 Å². The molecule has 4 atom stereocenters. The molecule has 0 aliphatic heterocycles. The zero-order valence-corrected chi connectivity index (χ0v) is 17.7. The lowest BCUT2D eigenvalue weighted by Crippen LogP contribution is -2.30. The monoisotopic (exact) mass is 428 g/mol. The van der Waals surface area contributed by atoms with Crippen LogP contribution in [0.5, 0.6) is 5.75 Å². The summed E-state index contributed by atoms with van der Waals surface area (Å²) in [4.78, 5) is 12.4. The molecule has 2 saturated carbocycles. The van der Waals surface area contributed by atoms with Crippen molar-refractivity contribution in [3.63, 3.8) is 0 Å². The second-order valence-electron chi connectivity index (χ2n) is 8.97. The Hall–Kier alpha value is -2.56. The predicted molar refractivity (Wildman–Crippen MR) is 114 cm³/mol. The first-order chi connectivity index (χ1) is 14.9. The number of aryl methyl sites for hydroxylation is 1. The van der Waals surface area contributed by atoms with Gasteiger partial charge in [0.1, 0.15) is 11.6 Å². The Labute approximate surface area is 181 Å². The van der Waals surface area contributed by atoms with E-state index in [1.807, 2.05) is 6.08 Å². The maximum Gasteiger partial charge on any atom is 0.346 e. The molecule has 0 spiro atoms. The van der Waals surface area contributed by atoms with Crippen LogP contribution in [0.4, 0.5) is 13.2 Å². The topological polar surface area (TPSA) is 26.3 Å². The standard InChI is InChI=1S/C26H27F3O2/c1-3-16-5-6-18-13-19(8-7-17(18)12-16)21-10-11-22(25(29)24(21)28)26(30)31-20-9-4-15(2)23(27)14-20/h3-4,9-11,14,16-19H,1,5-8,12-13H2,2H3. The summed E-state index contributed by atoms with van der Waals surface area (Å²) in [6, 6.07) is 6.71. The van der Waals surface area contributed by atoms with Gasteiger partial charge in [-0.05, 0) is 92.4 Å². The van der Waals surface area contributed by atoms with Crippen LogP contribution in [0.25, 0.3) is 0 Å². The van der Waals surface area contributed by atoms with Gasteiger partial charge in [-0.1, -0.05) is 18.2 Å². The minimum Gasteiger partial charge on any atom is -0.423 e. The summed E-state index contributed by atoms with van der Waals surface area (Å²) in [5, 5.41) is 0. The molecule has 0 aromatic heterocycles. The number of ether oxygens (including phenoxy) is 1.